The maximum Gasteiger partial charge on any atom is 0.252 e. The van der Waals surface area contributed by atoms with E-state index >= 15 is 0 Å². The molecule has 21 heavy (non-hydrogen) atoms. The SMILES string of the molecule is COc1cc(CC(F)c2ccccc2)c(Cl)cc1C(N)=O. The topological polar surface area (TPSA) is 52.3 Å². The van der Waals surface area contributed by atoms with E-state index in [-0.39, 0.29) is 12.0 Å². The van der Waals surface area contributed by atoms with Crippen molar-refractivity contribution in [3.8, 4) is 5.75 Å². The molecule has 2 rings (SSSR count). The molecule has 110 valence electrons. The highest BCUT2D eigenvalue weighted by molar-refractivity contribution is 6.31. The molecule has 0 bridgehead atoms. The van der Waals surface area contributed by atoms with Gasteiger partial charge in [0.1, 0.15) is 11.9 Å². The van der Waals surface area contributed by atoms with Crippen LogP contribution < -0.4 is 10.5 Å². The van der Waals surface area contributed by atoms with E-state index in [1.165, 1.54) is 13.2 Å². The van der Waals surface area contributed by atoms with Gasteiger partial charge in [0, 0.05) is 11.4 Å². The number of methoxy groups -OCH3 is 1. The molecule has 2 aromatic rings. The van der Waals surface area contributed by atoms with Crippen molar-refractivity contribution in [2.45, 2.75) is 12.6 Å². The summed E-state index contributed by atoms with van der Waals surface area (Å²) in [6.45, 7) is 0. The normalized spacial score (nSPS) is 12.0. The van der Waals surface area contributed by atoms with Gasteiger partial charge in [0.25, 0.3) is 5.91 Å². The molecular formula is C16H15ClFNO2. The summed E-state index contributed by atoms with van der Waals surface area (Å²) in [5.41, 5.74) is 6.57. The van der Waals surface area contributed by atoms with Crippen LogP contribution in [0.15, 0.2) is 42.5 Å². The molecule has 1 atom stereocenters. The summed E-state index contributed by atoms with van der Waals surface area (Å²) >= 11 is 6.10. The summed E-state index contributed by atoms with van der Waals surface area (Å²) in [5, 5.41) is 0.295. The van der Waals surface area contributed by atoms with Crippen molar-refractivity contribution in [1.29, 1.82) is 0 Å². The quantitative estimate of drug-likeness (QED) is 0.915. The van der Waals surface area contributed by atoms with Crippen LogP contribution in [0.3, 0.4) is 0 Å². The van der Waals surface area contributed by atoms with E-state index in [4.69, 9.17) is 22.1 Å². The van der Waals surface area contributed by atoms with Gasteiger partial charge < -0.3 is 10.5 Å². The zero-order valence-corrected chi connectivity index (χ0v) is 12.2. The third-order valence-electron chi connectivity index (χ3n) is 3.19. The first kappa shape index (κ1) is 15.3. The number of nitrogens with two attached hydrogens (primary N) is 1. The molecule has 0 saturated heterocycles. The summed E-state index contributed by atoms with van der Waals surface area (Å²) in [4.78, 5) is 11.3. The van der Waals surface area contributed by atoms with E-state index in [2.05, 4.69) is 0 Å². The Morgan fingerprint density at radius 3 is 2.57 bits per heavy atom. The largest absolute Gasteiger partial charge is 0.496 e. The van der Waals surface area contributed by atoms with Crippen LogP contribution in [-0.2, 0) is 6.42 Å². The number of hydrogen-bond acceptors (Lipinski definition) is 2. The third kappa shape index (κ3) is 3.52. The Morgan fingerprint density at radius 1 is 1.33 bits per heavy atom. The molecule has 2 N–H and O–H groups in total. The van der Waals surface area contributed by atoms with E-state index in [0.717, 1.165) is 0 Å². The summed E-state index contributed by atoms with van der Waals surface area (Å²) in [6.07, 6.45) is -1.09. The van der Waals surface area contributed by atoms with Crippen molar-refractivity contribution in [1.82, 2.24) is 0 Å². The number of benzene rings is 2. The summed E-state index contributed by atoms with van der Waals surface area (Å²) in [5.74, 6) is -0.345. The van der Waals surface area contributed by atoms with Gasteiger partial charge >= 0.3 is 0 Å². The predicted molar refractivity (Wildman–Crippen MR) is 80.5 cm³/mol. The van der Waals surface area contributed by atoms with Gasteiger partial charge in [-0.2, -0.15) is 0 Å². The van der Waals surface area contributed by atoms with Crippen molar-refractivity contribution in [3.63, 3.8) is 0 Å². The molecule has 1 unspecified atom stereocenters. The monoisotopic (exact) mass is 307 g/mol. The highest BCUT2D eigenvalue weighted by Gasteiger charge is 2.17. The van der Waals surface area contributed by atoms with Gasteiger partial charge in [-0.25, -0.2) is 4.39 Å². The lowest BCUT2D eigenvalue weighted by molar-refractivity contribution is 0.0997. The molecule has 0 aliphatic heterocycles. The number of amides is 1. The highest BCUT2D eigenvalue weighted by atomic mass is 35.5. The van der Waals surface area contributed by atoms with Crippen LogP contribution in [-0.4, -0.2) is 13.0 Å². The molecule has 0 fully saturated rings. The van der Waals surface area contributed by atoms with Crippen LogP contribution in [0.5, 0.6) is 5.75 Å². The van der Waals surface area contributed by atoms with Crippen LogP contribution in [0.2, 0.25) is 5.02 Å². The average molecular weight is 308 g/mol. The van der Waals surface area contributed by atoms with Crippen molar-refractivity contribution in [2.24, 2.45) is 5.73 Å². The number of alkyl halides is 1. The Labute approximate surface area is 127 Å². The van der Waals surface area contributed by atoms with E-state index in [1.54, 1.807) is 30.3 Å². The third-order valence-corrected chi connectivity index (χ3v) is 3.55. The van der Waals surface area contributed by atoms with Gasteiger partial charge in [0.15, 0.2) is 0 Å². The highest BCUT2D eigenvalue weighted by Crippen LogP contribution is 2.31. The van der Waals surface area contributed by atoms with Gasteiger partial charge in [0.05, 0.1) is 12.7 Å². The second-order valence-electron chi connectivity index (χ2n) is 4.59. The van der Waals surface area contributed by atoms with Crippen molar-refractivity contribution < 1.29 is 13.9 Å². The van der Waals surface area contributed by atoms with Gasteiger partial charge in [0.2, 0.25) is 0 Å². The lowest BCUT2D eigenvalue weighted by atomic mass is 10.0. The van der Waals surface area contributed by atoms with Crippen LogP contribution >= 0.6 is 11.6 Å². The Balaban J connectivity index is 2.30. The first-order valence-corrected chi connectivity index (χ1v) is 6.76. The maximum absolute atomic E-state index is 14.3. The van der Waals surface area contributed by atoms with Crippen molar-refractivity contribution >= 4 is 17.5 Å². The lowest BCUT2D eigenvalue weighted by Crippen LogP contribution is -2.13. The molecule has 2 aromatic carbocycles. The fraction of sp³-hybridized carbons (Fsp3) is 0.188. The molecule has 0 aromatic heterocycles. The lowest BCUT2D eigenvalue weighted by Gasteiger charge is -2.13. The molecule has 0 heterocycles. The molecule has 0 aliphatic rings. The standard InChI is InChI=1S/C16H15ClFNO2/c1-21-15-8-11(13(17)9-12(15)16(19)20)7-14(18)10-5-3-2-4-6-10/h2-6,8-9,14H,7H2,1H3,(H2,19,20). The van der Waals surface area contributed by atoms with E-state index in [9.17, 15) is 9.18 Å². The van der Waals surface area contributed by atoms with Crippen LogP contribution in [0.1, 0.15) is 27.7 Å². The number of rotatable bonds is 5. The Kier molecular flexibility index (Phi) is 4.81. The summed E-state index contributed by atoms with van der Waals surface area (Å²) in [6, 6.07) is 11.8. The van der Waals surface area contributed by atoms with Gasteiger partial charge in [-0.15, -0.1) is 0 Å². The Bertz CT molecular complexity index is 646. The van der Waals surface area contributed by atoms with Crippen LogP contribution in [0.4, 0.5) is 4.39 Å². The van der Waals surface area contributed by atoms with Gasteiger partial charge in [-0.1, -0.05) is 41.9 Å². The summed E-state index contributed by atoms with van der Waals surface area (Å²) < 4.78 is 19.4. The maximum atomic E-state index is 14.3. The predicted octanol–water partition coefficient (Wildman–Crippen LogP) is 3.70. The molecule has 3 nitrogen and oxygen atoms in total. The van der Waals surface area contributed by atoms with Gasteiger partial charge in [-0.05, 0) is 23.3 Å². The number of hydrogen-bond donors (Lipinski definition) is 1. The second kappa shape index (κ2) is 6.59. The molecular weight excluding hydrogens is 293 g/mol. The zero-order chi connectivity index (χ0) is 15.4. The fourth-order valence-corrected chi connectivity index (χ4v) is 2.33. The minimum atomic E-state index is -1.19. The molecule has 0 aliphatic carbocycles. The average Bonchev–Trinajstić information content (AvgIpc) is 2.49. The number of halogens is 2. The number of ether oxygens (including phenoxy) is 1. The smallest absolute Gasteiger partial charge is 0.252 e. The second-order valence-corrected chi connectivity index (χ2v) is 5.00. The van der Waals surface area contributed by atoms with E-state index in [1.807, 2.05) is 6.07 Å². The number of carbonyl (C=O) groups is 1. The zero-order valence-electron chi connectivity index (χ0n) is 11.5. The molecule has 5 heteroatoms. The minimum Gasteiger partial charge on any atom is -0.496 e. The molecule has 0 spiro atoms. The fourth-order valence-electron chi connectivity index (χ4n) is 2.09. The minimum absolute atomic E-state index is 0.0955. The number of carbonyl (C=O) groups excluding carboxylic acids is 1. The first-order chi connectivity index (χ1) is 10.0. The van der Waals surface area contributed by atoms with Crippen LogP contribution in [0, 0.1) is 0 Å². The van der Waals surface area contributed by atoms with E-state index in [0.29, 0.717) is 21.9 Å². The molecule has 0 radical (unpaired) electrons. The Morgan fingerprint density at radius 2 is 2.00 bits per heavy atom. The molecule has 1 amide bonds. The van der Waals surface area contributed by atoms with E-state index < -0.39 is 12.1 Å². The first-order valence-electron chi connectivity index (χ1n) is 6.38. The van der Waals surface area contributed by atoms with Crippen molar-refractivity contribution in [3.05, 3.63) is 64.2 Å². The summed E-state index contributed by atoms with van der Waals surface area (Å²) in [7, 11) is 1.42. The van der Waals surface area contributed by atoms with Gasteiger partial charge in [-0.3, -0.25) is 4.79 Å². The number of primary amides is 1. The van der Waals surface area contributed by atoms with Crippen LogP contribution in [0.25, 0.3) is 0 Å². The molecule has 0 saturated carbocycles. The van der Waals surface area contributed by atoms with Crippen molar-refractivity contribution in [2.75, 3.05) is 7.11 Å². The Hall–Kier alpha value is -2.07.